The summed E-state index contributed by atoms with van der Waals surface area (Å²) in [5.74, 6) is 0.635. The van der Waals surface area contributed by atoms with E-state index in [4.69, 9.17) is 4.74 Å². The molecule has 3 rings (SSSR count). The number of methoxy groups -OCH3 is 1. The third kappa shape index (κ3) is 4.54. The number of amides is 1. The number of allylic oxidation sites excluding steroid dienone is 4. The van der Waals surface area contributed by atoms with Gasteiger partial charge in [-0.15, -0.1) is 9.24 Å². The van der Waals surface area contributed by atoms with E-state index in [-0.39, 0.29) is 17.6 Å². The largest absolute Gasteiger partial charge is 0.501 e. The Kier molecular flexibility index (Phi) is 5.91. The van der Waals surface area contributed by atoms with Crippen LogP contribution in [0.1, 0.15) is 38.2 Å². The number of carbonyl (C=O) groups is 1. The Morgan fingerprint density at radius 3 is 2.81 bits per heavy atom. The average Bonchev–Trinajstić information content (AvgIpc) is 3.48. The van der Waals surface area contributed by atoms with Gasteiger partial charge in [-0.2, -0.15) is 0 Å². The van der Waals surface area contributed by atoms with E-state index in [0.717, 1.165) is 35.1 Å². The number of hydrogen-bond donors (Lipinski definition) is 1. The summed E-state index contributed by atoms with van der Waals surface area (Å²) in [6.07, 6.45) is 4.69. The molecule has 1 aromatic carbocycles. The number of nitrogens with one attached hydrogen (secondary N) is 1. The molecule has 27 heavy (non-hydrogen) atoms. The van der Waals surface area contributed by atoms with Crippen molar-refractivity contribution >= 4 is 32.2 Å². The highest BCUT2D eigenvalue weighted by Crippen LogP contribution is 2.37. The van der Waals surface area contributed by atoms with Gasteiger partial charge in [-0.3, -0.25) is 9.79 Å². The molecule has 2 aliphatic carbocycles. The normalized spacial score (nSPS) is 17.5. The molecule has 0 spiro atoms. The van der Waals surface area contributed by atoms with Crippen molar-refractivity contribution < 1.29 is 13.9 Å². The summed E-state index contributed by atoms with van der Waals surface area (Å²) in [6.45, 7) is 5.77. The van der Waals surface area contributed by atoms with Crippen LogP contribution < -0.4 is 10.6 Å². The number of aliphatic imine (C=N–C) groups is 1. The molecule has 0 aliphatic heterocycles. The van der Waals surface area contributed by atoms with E-state index >= 15 is 0 Å². The van der Waals surface area contributed by atoms with Gasteiger partial charge in [0.1, 0.15) is 11.6 Å². The van der Waals surface area contributed by atoms with Gasteiger partial charge >= 0.3 is 0 Å². The molecule has 2 aliphatic rings. The van der Waals surface area contributed by atoms with Gasteiger partial charge in [-0.25, -0.2) is 4.39 Å². The molecule has 1 amide bonds. The van der Waals surface area contributed by atoms with Gasteiger partial charge in [0, 0.05) is 23.5 Å². The molecule has 142 valence electrons. The van der Waals surface area contributed by atoms with Crippen LogP contribution in [0, 0.1) is 11.7 Å². The van der Waals surface area contributed by atoms with Crippen molar-refractivity contribution in [1.29, 1.82) is 0 Å². The topological polar surface area (TPSA) is 50.7 Å². The Morgan fingerprint density at radius 1 is 1.41 bits per heavy atom. The number of hydrogen-bond acceptors (Lipinski definition) is 3. The summed E-state index contributed by atoms with van der Waals surface area (Å²) in [5.41, 5.74) is 3.32. The Hall–Kier alpha value is -2.26. The van der Waals surface area contributed by atoms with E-state index in [1.165, 1.54) is 12.3 Å². The zero-order chi connectivity index (χ0) is 19.6. The number of halogens is 1. The maximum absolute atomic E-state index is 14.5. The quantitative estimate of drug-likeness (QED) is 0.596. The van der Waals surface area contributed by atoms with Crippen LogP contribution in [-0.4, -0.2) is 19.2 Å². The molecule has 6 heteroatoms. The lowest BCUT2D eigenvalue weighted by Crippen LogP contribution is -2.24. The van der Waals surface area contributed by atoms with Crippen molar-refractivity contribution in [2.45, 2.75) is 32.6 Å². The van der Waals surface area contributed by atoms with Gasteiger partial charge in [0.05, 0.1) is 24.7 Å². The first-order chi connectivity index (χ1) is 12.9. The minimum atomic E-state index is -0.279. The van der Waals surface area contributed by atoms with E-state index in [2.05, 4.69) is 26.1 Å². The van der Waals surface area contributed by atoms with Crippen molar-refractivity contribution in [2.75, 3.05) is 7.11 Å². The summed E-state index contributed by atoms with van der Waals surface area (Å²) < 4.78 is 19.9. The molecular weight excluding hydrogens is 362 g/mol. The van der Waals surface area contributed by atoms with Crippen molar-refractivity contribution in [2.24, 2.45) is 10.9 Å². The fraction of sp³-hybridized carbons (Fsp3) is 0.333. The van der Waals surface area contributed by atoms with E-state index in [1.54, 1.807) is 19.2 Å². The highest BCUT2D eigenvalue weighted by Gasteiger charge is 2.29. The molecule has 1 fully saturated rings. The van der Waals surface area contributed by atoms with Crippen LogP contribution in [0.25, 0.3) is 5.57 Å². The molecule has 1 unspecified atom stereocenters. The standard InChI is InChI=1S/C21H24FN2O2P/c1-12(24-21(25)14-4-5-14)11-23-20-13(2)19(26-3)9-7-16(20)17-10-15(27)6-8-18(17)22/h6,8,10-11,14H,1,4-5,7,9,27H2,2-3H3,(H,24,25). The molecule has 1 aromatic rings. The maximum Gasteiger partial charge on any atom is 0.227 e. The number of benzene rings is 1. The zero-order valence-electron chi connectivity index (χ0n) is 15.6. The summed E-state index contributed by atoms with van der Waals surface area (Å²) >= 11 is 0. The van der Waals surface area contributed by atoms with Crippen molar-refractivity contribution in [1.82, 2.24) is 5.32 Å². The fourth-order valence-corrected chi connectivity index (χ4v) is 3.41. The second kappa shape index (κ2) is 8.18. The SMILES string of the molecule is C=C(C=NC1=C(c2cc(P)ccc2F)CCC(OC)=C1C)NC(=O)C1CC1. The Bertz CT molecular complexity index is 882. The minimum Gasteiger partial charge on any atom is -0.501 e. The Morgan fingerprint density at radius 2 is 2.15 bits per heavy atom. The van der Waals surface area contributed by atoms with Gasteiger partial charge in [-0.05, 0) is 49.2 Å². The van der Waals surface area contributed by atoms with E-state index in [9.17, 15) is 9.18 Å². The van der Waals surface area contributed by atoms with Gasteiger partial charge in [0.15, 0.2) is 0 Å². The van der Waals surface area contributed by atoms with Gasteiger partial charge in [0.2, 0.25) is 5.91 Å². The smallest absolute Gasteiger partial charge is 0.227 e. The van der Waals surface area contributed by atoms with Crippen LogP contribution in [0.5, 0.6) is 0 Å². The van der Waals surface area contributed by atoms with Crippen LogP contribution in [0.4, 0.5) is 4.39 Å². The van der Waals surface area contributed by atoms with Crippen LogP contribution in [0.15, 0.2) is 52.5 Å². The average molecular weight is 386 g/mol. The molecular formula is C21H24FN2O2P. The fourth-order valence-electron chi connectivity index (χ4n) is 3.15. The second-order valence-electron chi connectivity index (χ2n) is 6.87. The monoisotopic (exact) mass is 386 g/mol. The van der Waals surface area contributed by atoms with Crippen molar-refractivity contribution in [3.63, 3.8) is 0 Å². The molecule has 4 nitrogen and oxygen atoms in total. The van der Waals surface area contributed by atoms with Crippen molar-refractivity contribution in [3.05, 3.63) is 58.9 Å². The number of nitrogens with zero attached hydrogens (tertiary/aromatic N) is 1. The molecule has 0 bridgehead atoms. The first kappa shape index (κ1) is 19.5. The zero-order valence-corrected chi connectivity index (χ0v) is 16.8. The predicted octanol–water partition coefficient (Wildman–Crippen LogP) is 3.86. The van der Waals surface area contributed by atoms with Crippen LogP contribution >= 0.6 is 9.24 Å². The Labute approximate surface area is 161 Å². The lowest BCUT2D eigenvalue weighted by atomic mass is 9.90. The molecule has 1 atom stereocenters. The molecule has 0 heterocycles. The maximum atomic E-state index is 14.5. The molecule has 0 radical (unpaired) electrons. The number of rotatable bonds is 6. The van der Waals surface area contributed by atoms with Gasteiger partial charge in [-0.1, -0.05) is 12.6 Å². The van der Waals surface area contributed by atoms with E-state index in [0.29, 0.717) is 29.8 Å². The Balaban J connectivity index is 1.96. The summed E-state index contributed by atoms with van der Waals surface area (Å²) in [6, 6.07) is 4.99. The van der Waals surface area contributed by atoms with Gasteiger partial charge < -0.3 is 10.1 Å². The first-order valence-electron chi connectivity index (χ1n) is 8.97. The third-order valence-electron chi connectivity index (χ3n) is 4.80. The van der Waals surface area contributed by atoms with Crippen molar-refractivity contribution in [3.8, 4) is 0 Å². The lowest BCUT2D eigenvalue weighted by Gasteiger charge is -2.22. The summed E-state index contributed by atoms with van der Waals surface area (Å²) in [4.78, 5) is 16.4. The lowest BCUT2D eigenvalue weighted by molar-refractivity contribution is -0.121. The first-order valence-corrected chi connectivity index (χ1v) is 9.55. The van der Waals surface area contributed by atoms with Crippen LogP contribution in [0.2, 0.25) is 0 Å². The molecule has 0 aromatic heterocycles. The van der Waals surface area contributed by atoms with Crippen LogP contribution in [-0.2, 0) is 9.53 Å². The highest BCUT2D eigenvalue weighted by atomic mass is 31.0. The highest BCUT2D eigenvalue weighted by molar-refractivity contribution is 7.27. The molecule has 1 N–H and O–H groups in total. The molecule has 1 saturated carbocycles. The minimum absolute atomic E-state index is 0.0177. The number of carbonyl (C=O) groups excluding carboxylic acids is 1. The summed E-state index contributed by atoms with van der Waals surface area (Å²) in [7, 11) is 4.22. The summed E-state index contributed by atoms with van der Waals surface area (Å²) in [5, 5.41) is 3.67. The predicted molar refractivity (Wildman–Crippen MR) is 110 cm³/mol. The molecule has 0 saturated heterocycles. The number of ether oxygens (including phenoxy) is 1. The van der Waals surface area contributed by atoms with Gasteiger partial charge in [0.25, 0.3) is 0 Å². The van der Waals surface area contributed by atoms with E-state index in [1.807, 2.05) is 6.92 Å². The van der Waals surface area contributed by atoms with E-state index < -0.39 is 0 Å². The second-order valence-corrected chi connectivity index (χ2v) is 7.53. The third-order valence-corrected chi connectivity index (χ3v) is 5.16. The van der Waals surface area contributed by atoms with Crippen LogP contribution in [0.3, 0.4) is 0 Å².